The quantitative estimate of drug-likeness (QED) is 0.429. The van der Waals surface area contributed by atoms with Gasteiger partial charge in [-0.05, 0) is 63.3 Å². The van der Waals surface area contributed by atoms with Crippen molar-refractivity contribution in [2.75, 3.05) is 13.7 Å². The van der Waals surface area contributed by atoms with Crippen LogP contribution in [-0.2, 0) is 36.9 Å². The molecule has 1 amide bonds. The minimum Gasteiger partial charge on any atom is -0.497 e. The number of methoxy groups -OCH3 is 1. The van der Waals surface area contributed by atoms with Gasteiger partial charge in [0.25, 0.3) is 0 Å². The Hall–Kier alpha value is -3.35. The van der Waals surface area contributed by atoms with Crippen LogP contribution in [-0.4, -0.2) is 37.1 Å². The van der Waals surface area contributed by atoms with E-state index in [1.165, 1.54) is 0 Å². The summed E-state index contributed by atoms with van der Waals surface area (Å²) in [6.45, 7) is 5.77. The average molecular weight is 510 g/mol. The van der Waals surface area contributed by atoms with E-state index in [1.54, 1.807) is 7.11 Å². The first kappa shape index (κ1) is 28.2. The minimum atomic E-state index is -0.813. The fourth-order valence-corrected chi connectivity index (χ4v) is 4.67. The second-order valence-electron chi connectivity index (χ2n) is 10.8. The number of rotatable bonds is 11. The molecule has 200 valence electrons. The van der Waals surface area contributed by atoms with Gasteiger partial charge >= 0.3 is 11.9 Å². The van der Waals surface area contributed by atoms with Crippen molar-refractivity contribution >= 4 is 17.8 Å². The maximum atomic E-state index is 13.4. The van der Waals surface area contributed by atoms with Crippen molar-refractivity contribution in [3.63, 3.8) is 0 Å². The van der Waals surface area contributed by atoms with Crippen molar-refractivity contribution in [1.29, 1.82) is 0 Å². The Morgan fingerprint density at radius 1 is 0.946 bits per heavy atom. The highest BCUT2D eigenvalue weighted by Gasteiger charge is 2.43. The van der Waals surface area contributed by atoms with Crippen LogP contribution in [0.4, 0.5) is 0 Å². The van der Waals surface area contributed by atoms with Gasteiger partial charge in [0, 0.05) is 6.54 Å². The zero-order valence-corrected chi connectivity index (χ0v) is 22.4. The van der Waals surface area contributed by atoms with Crippen LogP contribution >= 0.6 is 0 Å². The summed E-state index contributed by atoms with van der Waals surface area (Å²) in [6.07, 6.45) is 3.43. The number of ether oxygens (including phenoxy) is 3. The van der Waals surface area contributed by atoms with Gasteiger partial charge in [-0.3, -0.25) is 14.4 Å². The fourth-order valence-electron chi connectivity index (χ4n) is 4.67. The number of esters is 2. The molecule has 1 N–H and O–H groups in total. The van der Waals surface area contributed by atoms with Crippen molar-refractivity contribution in [2.24, 2.45) is 11.3 Å². The Morgan fingerprint density at radius 2 is 1.59 bits per heavy atom. The minimum absolute atomic E-state index is 0.0290. The van der Waals surface area contributed by atoms with E-state index in [1.807, 2.05) is 75.4 Å². The Balaban J connectivity index is 1.65. The van der Waals surface area contributed by atoms with Gasteiger partial charge in [0.15, 0.2) is 0 Å². The van der Waals surface area contributed by atoms with Gasteiger partial charge in [-0.15, -0.1) is 0 Å². The largest absolute Gasteiger partial charge is 0.497 e. The lowest BCUT2D eigenvalue weighted by Gasteiger charge is -2.29. The van der Waals surface area contributed by atoms with Crippen LogP contribution in [0.15, 0.2) is 54.6 Å². The summed E-state index contributed by atoms with van der Waals surface area (Å²) in [5.41, 5.74) is 0.381. The third-order valence-electron chi connectivity index (χ3n) is 6.66. The van der Waals surface area contributed by atoms with Crippen LogP contribution in [0.2, 0.25) is 0 Å². The second-order valence-corrected chi connectivity index (χ2v) is 10.8. The van der Waals surface area contributed by atoms with Crippen molar-refractivity contribution in [1.82, 2.24) is 5.32 Å². The molecule has 0 spiro atoms. The Kier molecular flexibility index (Phi) is 9.73. The first-order chi connectivity index (χ1) is 17.6. The third kappa shape index (κ3) is 8.62. The number of amides is 1. The van der Waals surface area contributed by atoms with Gasteiger partial charge in [0.05, 0.1) is 24.9 Å². The van der Waals surface area contributed by atoms with E-state index < -0.39 is 16.9 Å². The van der Waals surface area contributed by atoms with E-state index in [0.717, 1.165) is 29.7 Å². The summed E-state index contributed by atoms with van der Waals surface area (Å²) in [4.78, 5) is 39.2. The van der Waals surface area contributed by atoms with E-state index in [9.17, 15) is 14.4 Å². The molecule has 0 aromatic heterocycles. The SMILES string of the molecule is COc1ccc(CC(CNC(=O)C2(CC(=O)OCc3ccccc3)CCCC2)C(=O)OC(C)(C)C)cc1. The topological polar surface area (TPSA) is 90.9 Å². The molecule has 3 rings (SSSR count). The molecule has 1 atom stereocenters. The molecule has 1 fully saturated rings. The molecule has 1 aliphatic rings. The molecule has 0 heterocycles. The van der Waals surface area contributed by atoms with Crippen molar-refractivity contribution in [3.8, 4) is 5.75 Å². The number of carbonyl (C=O) groups excluding carboxylic acids is 3. The maximum Gasteiger partial charge on any atom is 0.311 e. The summed E-state index contributed by atoms with van der Waals surface area (Å²) >= 11 is 0. The van der Waals surface area contributed by atoms with Gasteiger partial charge in [0.1, 0.15) is 18.0 Å². The molecule has 2 aromatic carbocycles. The Morgan fingerprint density at radius 3 is 2.19 bits per heavy atom. The fraction of sp³-hybridized carbons (Fsp3) is 0.500. The molecular formula is C30H39NO6. The van der Waals surface area contributed by atoms with Crippen LogP contribution in [0.25, 0.3) is 0 Å². The smallest absolute Gasteiger partial charge is 0.311 e. The molecule has 0 saturated heterocycles. The highest BCUT2D eigenvalue weighted by molar-refractivity contribution is 5.88. The lowest BCUT2D eigenvalue weighted by atomic mass is 9.81. The van der Waals surface area contributed by atoms with Crippen molar-refractivity contribution in [3.05, 3.63) is 65.7 Å². The normalized spacial score (nSPS) is 15.5. The van der Waals surface area contributed by atoms with Gasteiger partial charge in [0.2, 0.25) is 5.91 Å². The van der Waals surface area contributed by atoms with Crippen LogP contribution in [0.3, 0.4) is 0 Å². The number of nitrogens with one attached hydrogen (secondary N) is 1. The number of carbonyl (C=O) groups is 3. The van der Waals surface area contributed by atoms with Crippen LogP contribution in [0.1, 0.15) is 64.0 Å². The van der Waals surface area contributed by atoms with Crippen LogP contribution < -0.4 is 10.1 Å². The predicted octanol–water partition coefficient (Wildman–Crippen LogP) is 5.01. The van der Waals surface area contributed by atoms with E-state index in [4.69, 9.17) is 14.2 Å². The van der Waals surface area contributed by atoms with E-state index in [-0.39, 0.29) is 37.4 Å². The van der Waals surface area contributed by atoms with Gasteiger partial charge in [-0.25, -0.2) is 0 Å². The Bertz CT molecular complexity index is 1040. The van der Waals surface area contributed by atoms with Gasteiger partial charge in [-0.2, -0.15) is 0 Å². The van der Waals surface area contributed by atoms with Gasteiger partial charge < -0.3 is 19.5 Å². The lowest BCUT2D eigenvalue weighted by molar-refractivity contribution is -0.160. The van der Waals surface area contributed by atoms with Crippen LogP contribution in [0, 0.1) is 11.3 Å². The van der Waals surface area contributed by atoms with Gasteiger partial charge in [-0.1, -0.05) is 55.3 Å². The maximum absolute atomic E-state index is 13.4. The second kappa shape index (κ2) is 12.7. The van der Waals surface area contributed by atoms with E-state index in [0.29, 0.717) is 19.3 Å². The predicted molar refractivity (Wildman–Crippen MR) is 141 cm³/mol. The Labute approximate surface area is 219 Å². The molecule has 0 aliphatic heterocycles. The summed E-state index contributed by atoms with van der Waals surface area (Å²) in [5, 5.41) is 2.98. The van der Waals surface area contributed by atoms with Crippen molar-refractivity contribution in [2.45, 2.75) is 71.5 Å². The lowest BCUT2D eigenvalue weighted by Crippen LogP contribution is -2.45. The summed E-state index contributed by atoms with van der Waals surface area (Å²) in [5.74, 6) is -0.799. The third-order valence-corrected chi connectivity index (χ3v) is 6.66. The first-order valence-electron chi connectivity index (χ1n) is 12.9. The summed E-state index contributed by atoms with van der Waals surface area (Å²) in [7, 11) is 1.60. The average Bonchev–Trinajstić information content (AvgIpc) is 3.34. The molecule has 7 nitrogen and oxygen atoms in total. The molecule has 1 aliphatic carbocycles. The number of benzene rings is 2. The number of hydrogen-bond acceptors (Lipinski definition) is 6. The molecule has 37 heavy (non-hydrogen) atoms. The zero-order valence-electron chi connectivity index (χ0n) is 22.4. The van der Waals surface area contributed by atoms with Crippen LogP contribution in [0.5, 0.6) is 5.75 Å². The summed E-state index contributed by atoms with van der Waals surface area (Å²) in [6, 6.07) is 17.0. The summed E-state index contributed by atoms with van der Waals surface area (Å²) < 4.78 is 16.4. The molecular weight excluding hydrogens is 470 g/mol. The standard InChI is InChI=1S/C30H39NO6/c1-29(2,3)37-27(33)24(18-22-12-14-25(35-4)15-13-22)20-31-28(34)30(16-8-9-17-30)19-26(32)36-21-23-10-6-5-7-11-23/h5-7,10-15,24H,8-9,16-21H2,1-4H3,(H,31,34). The molecule has 0 bridgehead atoms. The molecule has 1 saturated carbocycles. The molecule has 1 unspecified atom stereocenters. The van der Waals surface area contributed by atoms with E-state index in [2.05, 4.69) is 5.32 Å². The van der Waals surface area contributed by atoms with Crippen molar-refractivity contribution < 1.29 is 28.6 Å². The molecule has 2 aromatic rings. The van der Waals surface area contributed by atoms with E-state index >= 15 is 0 Å². The monoisotopic (exact) mass is 509 g/mol. The molecule has 0 radical (unpaired) electrons. The highest BCUT2D eigenvalue weighted by Crippen LogP contribution is 2.41. The molecule has 7 heteroatoms. The zero-order chi connectivity index (χ0) is 26.9. The first-order valence-corrected chi connectivity index (χ1v) is 12.9. The highest BCUT2D eigenvalue weighted by atomic mass is 16.6. The number of hydrogen-bond donors (Lipinski definition) is 1.